The summed E-state index contributed by atoms with van der Waals surface area (Å²) in [6, 6.07) is 1.40. The maximum Gasteiger partial charge on any atom is 0.0622 e. The molecule has 3 nitrogen and oxygen atoms in total. The number of hydrogen-bond acceptors (Lipinski definition) is 3. The van der Waals surface area contributed by atoms with Gasteiger partial charge in [-0.2, -0.15) is 0 Å². The summed E-state index contributed by atoms with van der Waals surface area (Å²) in [4.78, 5) is 2.60. The average molecular weight is 198 g/mol. The van der Waals surface area contributed by atoms with E-state index in [1.54, 1.807) is 0 Å². The lowest BCUT2D eigenvalue weighted by molar-refractivity contribution is -0.0117. The maximum atomic E-state index is 5.51. The Morgan fingerprint density at radius 1 is 1.50 bits per heavy atom. The Morgan fingerprint density at radius 2 is 2.43 bits per heavy atom. The van der Waals surface area contributed by atoms with Crippen molar-refractivity contribution in [3.05, 3.63) is 0 Å². The first-order valence-corrected chi connectivity index (χ1v) is 5.95. The van der Waals surface area contributed by atoms with Crippen LogP contribution in [0.15, 0.2) is 0 Å². The van der Waals surface area contributed by atoms with E-state index in [2.05, 4.69) is 17.1 Å². The fourth-order valence-corrected chi connectivity index (χ4v) is 2.50. The number of nitrogens with zero attached hydrogens (tertiary/aromatic N) is 1. The first kappa shape index (κ1) is 10.4. The third-order valence-corrected chi connectivity index (χ3v) is 3.44. The van der Waals surface area contributed by atoms with Crippen molar-refractivity contribution in [2.24, 2.45) is 0 Å². The molecular formula is C11H22N2O. The van der Waals surface area contributed by atoms with Crippen molar-refractivity contribution < 1.29 is 4.74 Å². The largest absolute Gasteiger partial charge is 0.378 e. The Bertz CT molecular complexity index is 169. The predicted molar refractivity (Wildman–Crippen MR) is 57.5 cm³/mol. The molecule has 0 aliphatic carbocycles. The summed E-state index contributed by atoms with van der Waals surface area (Å²) in [5.41, 5.74) is 0. The molecule has 0 bridgehead atoms. The van der Waals surface area contributed by atoms with E-state index in [9.17, 15) is 0 Å². The van der Waals surface area contributed by atoms with Crippen LogP contribution >= 0.6 is 0 Å². The number of hydrogen-bond donors (Lipinski definition) is 1. The van der Waals surface area contributed by atoms with Gasteiger partial charge in [-0.25, -0.2) is 0 Å². The van der Waals surface area contributed by atoms with Crippen molar-refractivity contribution in [3.8, 4) is 0 Å². The molecule has 82 valence electrons. The van der Waals surface area contributed by atoms with Crippen LogP contribution in [-0.2, 0) is 4.74 Å². The lowest BCUT2D eigenvalue weighted by Crippen LogP contribution is -2.49. The van der Waals surface area contributed by atoms with Gasteiger partial charge in [-0.15, -0.1) is 0 Å². The van der Waals surface area contributed by atoms with Gasteiger partial charge in [-0.1, -0.05) is 6.92 Å². The smallest absolute Gasteiger partial charge is 0.0622 e. The van der Waals surface area contributed by atoms with Crippen LogP contribution < -0.4 is 5.32 Å². The maximum absolute atomic E-state index is 5.51. The minimum Gasteiger partial charge on any atom is -0.378 e. The van der Waals surface area contributed by atoms with Crippen LogP contribution in [0.1, 0.15) is 26.2 Å². The second-order valence-corrected chi connectivity index (χ2v) is 4.43. The highest BCUT2D eigenvalue weighted by Crippen LogP contribution is 2.14. The van der Waals surface area contributed by atoms with E-state index in [0.29, 0.717) is 6.04 Å². The molecule has 0 aromatic carbocycles. The summed E-state index contributed by atoms with van der Waals surface area (Å²) in [6.07, 6.45) is 3.92. The first-order chi connectivity index (χ1) is 6.90. The molecule has 14 heavy (non-hydrogen) atoms. The van der Waals surface area contributed by atoms with Crippen LogP contribution in [0.25, 0.3) is 0 Å². The van der Waals surface area contributed by atoms with Crippen LogP contribution in [-0.4, -0.2) is 49.8 Å². The SMILES string of the molecule is CCC1COCCN1C[C@H]1CCCN1. The Kier molecular flexibility index (Phi) is 3.79. The van der Waals surface area contributed by atoms with Crippen molar-refractivity contribution in [1.82, 2.24) is 10.2 Å². The molecule has 1 N–H and O–H groups in total. The van der Waals surface area contributed by atoms with E-state index in [1.807, 2.05) is 0 Å². The van der Waals surface area contributed by atoms with Gasteiger partial charge in [0.15, 0.2) is 0 Å². The van der Waals surface area contributed by atoms with Gasteiger partial charge < -0.3 is 10.1 Å². The molecule has 1 unspecified atom stereocenters. The summed E-state index contributed by atoms with van der Waals surface area (Å²) in [7, 11) is 0. The molecule has 2 heterocycles. The van der Waals surface area contributed by atoms with E-state index in [0.717, 1.165) is 25.8 Å². The van der Waals surface area contributed by atoms with E-state index >= 15 is 0 Å². The van der Waals surface area contributed by atoms with Gasteiger partial charge in [0, 0.05) is 25.2 Å². The zero-order valence-electron chi connectivity index (χ0n) is 9.17. The van der Waals surface area contributed by atoms with Crippen molar-refractivity contribution >= 4 is 0 Å². The van der Waals surface area contributed by atoms with Gasteiger partial charge in [-0.3, -0.25) is 4.90 Å². The Morgan fingerprint density at radius 3 is 3.14 bits per heavy atom. The topological polar surface area (TPSA) is 24.5 Å². The molecule has 0 aromatic rings. The summed E-state index contributed by atoms with van der Waals surface area (Å²) in [6.45, 7) is 7.67. The van der Waals surface area contributed by atoms with Gasteiger partial charge in [0.25, 0.3) is 0 Å². The molecule has 0 aromatic heterocycles. The second-order valence-electron chi connectivity index (χ2n) is 4.43. The molecule has 2 atom stereocenters. The number of nitrogens with one attached hydrogen (secondary N) is 1. The normalized spacial score (nSPS) is 34.9. The Balaban J connectivity index is 1.81. The highest BCUT2D eigenvalue weighted by molar-refractivity contribution is 4.82. The van der Waals surface area contributed by atoms with E-state index in [-0.39, 0.29) is 0 Å². The molecule has 2 aliphatic heterocycles. The highest BCUT2D eigenvalue weighted by Gasteiger charge is 2.25. The number of rotatable bonds is 3. The van der Waals surface area contributed by atoms with Crippen LogP contribution in [0.2, 0.25) is 0 Å². The Hall–Kier alpha value is -0.120. The van der Waals surface area contributed by atoms with E-state index in [1.165, 1.54) is 32.4 Å². The fraction of sp³-hybridized carbons (Fsp3) is 1.00. The van der Waals surface area contributed by atoms with Gasteiger partial charge in [0.05, 0.1) is 13.2 Å². The lowest BCUT2D eigenvalue weighted by atomic mass is 10.1. The molecular weight excluding hydrogens is 176 g/mol. The summed E-state index contributed by atoms with van der Waals surface area (Å²) in [5.74, 6) is 0. The van der Waals surface area contributed by atoms with Crippen LogP contribution in [0, 0.1) is 0 Å². The first-order valence-electron chi connectivity index (χ1n) is 5.95. The molecule has 2 saturated heterocycles. The van der Waals surface area contributed by atoms with Gasteiger partial charge in [-0.05, 0) is 25.8 Å². The highest BCUT2D eigenvalue weighted by atomic mass is 16.5. The third kappa shape index (κ3) is 2.47. The summed E-state index contributed by atoms with van der Waals surface area (Å²) in [5, 5.41) is 3.57. The standard InChI is InChI=1S/C11H22N2O/c1-2-11-9-14-7-6-13(11)8-10-4-3-5-12-10/h10-12H,2-9H2,1H3/t10-,11?/m1/s1. The molecule has 2 rings (SSSR count). The summed E-state index contributed by atoms with van der Waals surface area (Å²) >= 11 is 0. The molecule has 2 aliphatic rings. The zero-order valence-corrected chi connectivity index (χ0v) is 9.17. The molecule has 2 fully saturated rings. The number of morpholine rings is 1. The van der Waals surface area contributed by atoms with Crippen LogP contribution in [0.4, 0.5) is 0 Å². The molecule has 3 heteroatoms. The zero-order chi connectivity index (χ0) is 9.80. The third-order valence-electron chi connectivity index (χ3n) is 3.44. The predicted octanol–water partition coefficient (Wildman–Crippen LogP) is 0.849. The van der Waals surface area contributed by atoms with Gasteiger partial charge in [0.2, 0.25) is 0 Å². The lowest BCUT2D eigenvalue weighted by Gasteiger charge is -2.36. The van der Waals surface area contributed by atoms with Crippen molar-refractivity contribution in [2.75, 3.05) is 32.8 Å². The van der Waals surface area contributed by atoms with E-state index in [4.69, 9.17) is 4.74 Å². The molecule has 0 spiro atoms. The molecule has 0 saturated carbocycles. The quantitative estimate of drug-likeness (QED) is 0.727. The monoisotopic (exact) mass is 198 g/mol. The minimum absolute atomic E-state index is 0.658. The average Bonchev–Trinajstić information content (AvgIpc) is 2.71. The van der Waals surface area contributed by atoms with Crippen LogP contribution in [0.3, 0.4) is 0 Å². The van der Waals surface area contributed by atoms with Crippen molar-refractivity contribution in [2.45, 2.75) is 38.3 Å². The van der Waals surface area contributed by atoms with Crippen molar-refractivity contribution in [1.29, 1.82) is 0 Å². The Labute approximate surface area is 86.8 Å². The minimum atomic E-state index is 0.658. The van der Waals surface area contributed by atoms with Gasteiger partial charge >= 0.3 is 0 Å². The molecule has 0 amide bonds. The summed E-state index contributed by atoms with van der Waals surface area (Å²) < 4.78 is 5.51. The van der Waals surface area contributed by atoms with Crippen LogP contribution in [0.5, 0.6) is 0 Å². The second kappa shape index (κ2) is 5.10. The van der Waals surface area contributed by atoms with E-state index < -0.39 is 0 Å². The van der Waals surface area contributed by atoms with Crippen molar-refractivity contribution in [3.63, 3.8) is 0 Å². The fourth-order valence-electron chi connectivity index (χ4n) is 2.50. The number of ether oxygens (including phenoxy) is 1. The molecule has 0 radical (unpaired) electrons. The van der Waals surface area contributed by atoms with Gasteiger partial charge in [0.1, 0.15) is 0 Å².